The van der Waals surface area contributed by atoms with Crippen LogP contribution in [0, 0.1) is 5.82 Å². The van der Waals surface area contributed by atoms with Crippen molar-refractivity contribution in [1.29, 1.82) is 0 Å². The van der Waals surface area contributed by atoms with E-state index < -0.39 is 15.8 Å². The van der Waals surface area contributed by atoms with E-state index in [9.17, 15) is 17.6 Å². The van der Waals surface area contributed by atoms with Gasteiger partial charge >= 0.3 is 0 Å². The molecule has 0 atom stereocenters. The summed E-state index contributed by atoms with van der Waals surface area (Å²) in [6, 6.07) is 13.0. The van der Waals surface area contributed by atoms with E-state index in [-0.39, 0.29) is 5.91 Å². The molecule has 0 bridgehead atoms. The molecule has 0 spiro atoms. The van der Waals surface area contributed by atoms with Crippen molar-refractivity contribution in [2.75, 3.05) is 37.8 Å². The first-order valence-corrected chi connectivity index (χ1v) is 10.5. The smallest absolute Gasteiger partial charge is 0.255 e. The van der Waals surface area contributed by atoms with Crippen LogP contribution in [0.15, 0.2) is 48.5 Å². The highest BCUT2D eigenvalue weighted by molar-refractivity contribution is 7.88. The van der Waals surface area contributed by atoms with Crippen LogP contribution in [0.2, 0.25) is 0 Å². The lowest BCUT2D eigenvalue weighted by molar-refractivity contribution is 0.102. The first kappa shape index (κ1) is 19.5. The molecule has 0 aliphatic carbocycles. The van der Waals surface area contributed by atoms with Gasteiger partial charge in [0.05, 0.1) is 6.26 Å². The minimum Gasteiger partial charge on any atom is -0.322 e. The monoisotopic (exact) mass is 391 g/mol. The van der Waals surface area contributed by atoms with Crippen molar-refractivity contribution in [2.24, 2.45) is 0 Å². The fourth-order valence-corrected chi connectivity index (χ4v) is 3.88. The second-order valence-electron chi connectivity index (χ2n) is 6.60. The molecule has 0 radical (unpaired) electrons. The molecule has 6 nitrogen and oxygen atoms in total. The van der Waals surface area contributed by atoms with Crippen LogP contribution in [0.3, 0.4) is 0 Å². The highest BCUT2D eigenvalue weighted by Crippen LogP contribution is 2.15. The van der Waals surface area contributed by atoms with Gasteiger partial charge in [-0.3, -0.25) is 9.69 Å². The molecule has 1 N–H and O–H groups in total. The van der Waals surface area contributed by atoms with Crippen molar-refractivity contribution in [3.05, 3.63) is 65.5 Å². The molecule has 0 unspecified atom stereocenters. The number of hydrogen-bond donors (Lipinski definition) is 1. The Morgan fingerprint density at radius 3 is 2.44 bits per heavy atom. The topological polar surface area (TPSA) is 69.7 Å². The molecule has 1 saturated heterocycles. The van der Waals surface area contributed by atoms with Gasteiger partial charge in [0.2, 0.25) is 10.0 Å². The maximum Gasteiger partial charge on any atom is 0.255 e. The van der Waals surface area contributed by atoms with Crippen molar-refractivity contribution in [1.82, 2.24) is 9.21 Å². The van der Waals surface area contributed by atoms with Crippen LogP contribution in [0.25, 0.3) is 0 Å². The fourth-order valence-electron chi connectivity index (χ4n) is 3.06. The van der Waals surface area contributed by atoms with Gasteiger partial charge in [-0.25, -0.2) is 12.8 Å². The predicted octanol–water partition coefficient (Wildman–Crippen LogP) is 2.16. The van der Waals surface area contributed by atoms with Gasteiger partial charge in [-0.1, -0.05) is 18.2 Å². The lowest BCUT2D eigenvalue weighted by Crippen LogP contribution is -2.47. The predicted molar refractivity (Wildman–Crippen MR) is 102 cm³/mol. The first-order valence-electron chi connectivity index (χ1n) is 8.64. The number of nitrogens with one attached hydrogen (secondary N) is 1. The van der Waals surface area contributed by atoms with E-state index in [1.165, 1.54) is 28.8 Å². The van der Waals surface area contributed by atoms with Crippen LogP contribution in [-0.2, 0) is 16.6 Å². The summed E-state index contributed by atoms with van der Waals surface area (Å²) in [5.74, 6) is -0.709. The summed E-state index contributed by atoms with van der Waals surface area (Å²) in [7, 11) is -3.15. The zero-order valence-electron chi connectivity index (χ0n) is 15.1. The molecule has 0 saturated carbocycles. The number of hydrogen-bond acceptors (Lipinski definition) is 4. The van der Waals surface area contributed by atoms with Crippen molar-refractivity contribution in [2.45, 2.75) is 6.54 Å². The van der Waals surface area contributed by atoms with E-state index in [1.807, 2.05) is 12.1 Å². The second kappa shape index (κ2) is 8.16. The average Bonchev–Trinajstić information content (AvgIpc) is 2.62. The van der Waals surface area contributed by atoms with E-state index in [2.05, 4.69) is 10.2 Å². The number of halogens is 1. The highest BCUT2D eigenvalue weighted by Gasteiger charge is 2.23. The third-order valence-electron chi connectivity index (χ3n) is 4.48. The number of nitrogens with zero attached hydrogens (tertiary/aromatic N) is 2. The van der Waals surface area contributed by atoms with Crippen LogP contribution < -0.4 is 5.32 Å². The lowest BCUT2D eigenvalue weighted by atomic mass is 10.1. The van der Waals surface area contributed by atoms with Crippen molar-refractivity contribution in [3.8, 4) is 0 Å². The molecule has 1 amide bonds. The van der Waals surface area contributed by atoms with E-state index >= 15 is 0 Å². The minimum absolute atomic E-state index is 0.302. The number of amides is 1. The van der Waals surface area contributed by atoms with Crippen LogP contribution in [0.4, 0.5) is 10.1 Å². The van der Waals surface area contributed by atoms with E-state index in [4.69, 9.17) is 0 Å². The second-order valence-corrected chi connectivity index (χ2v) is 8.59. The number of carbonyl (C=O) groups is 1. The molecule has 27 heavy (non-hydrogen) atoms. The van der Waals surface area contributed by atoms with Crippen molar-refractivity contribution in [3.63, 3.8) is 0 Å². The van der Waals surface area contributed by atoms with Gasteiger partial charge < -0.3 is 5.32 Å². The Morgan fingerprint density at radius 2 is 1.78 bits per heavy atom. The molecule has 2 aromatic carbocycles. The largest absolute Gasteiger partial charge is 0.322 e. The van der Waals surface area contributed by atoms with Crippen LogP contribution in [-0.4, -0.2) is 56.0 Å². The quantitative estimate of drug-likeness (QED) is 0.848. The zero-order chi connectivity index (χ0) is 19.4. The van der Waals surface area contributed by atoms with Gasteiger partial charge in [0.25, 0.3) is 5.91 Å². The summed E-state index contributed by atoms with van der Waals surface area (Å²) in [6.45, 7) is 2.87. The summed E-state index contributed by atoms with van der Waals surface area (Å²) >= 11 is 0. The van der Waals surface area contributed by atoms with E-state index in [0.29, 0.717) is 44.0 Å². The molecule has 1 fully saturated rings. The summed E-state index contributed by atoms with van der Waals surface area (Å²) < 4.78 is 37.9. The lowest BCUT2D eigenvalue weighted by Gasteiger charge is -2.33. The molecular formula is C19H22FN3O3S. The number of rotatable bonds is 5. The van der Waals surface area contributed by atoms with Gasteiger partial charge in [-0.2, -0.15) is 4.31 Å². The highest BCUT2D eigenvalue weighted by atomic mass is 32.2. The van der Waals surface area contributed by atoms with Crippen molar-refractivity contribution < 1.29 is 17.6 Å². The van der Waals surface area contributed by atoms with Gasteiger partial charge in [0, 0.05) is 44.0 Å². The Bertz CT molecular complexity index is 925. The number of piperazine rings is 1. The minimum atomic E-state index is -3.15. The van der Waals surface area contributed by atoms with Crippen LogP contribution in [0.5, 0.6) is 0 Å². The molecule has 0 aromatic heterocycles. The third kappa shape index (κ3) is 5.35. The Labute approximate surface area is 158 Å². The summed E-state index contributed by atoms with van der Waals surface area (Å²) in [5.41, 5.74) is 1.86. The molecule has 1 aliphatic heterocycles. The number of sulfonamides is 1. The van der Waals surface area contributed by atoms with Gasteiger partial charge in [0.15, 0.2) is 0 Å². The standard InChI is InChI=1S/C19H22FN3O3S/c1-27(25,26)23-10-8-22(9-11-23)14-15-4-2-5-16(12-15)19(24)21-18-7-3-6-17(20)13-18/h2-7,12-13H,8-11,14H2,1H3,(H,21,24). The van der Waals surface area contributed by atoms with Crippen LogP contribution >= 0.6 is 0 Å². The van der Waals surface area contributed by atoms with Gasteiger partial charge in [-0.15, -0.1) is 0 Å². The van der Waals surface area contributed by atoms with Gasteiger partial charge in [-0.05, 0) is 35.9 Å². The summed E-state index contributed by atoms with van der Waals surface area (Å²) in [4.78, 5) is 14.6. The number of benzene rings is 2. The average molecular weight is 391 g/mol. The Balaban J connectivity index is 1.61. The molecule has 1 aliphatic rings. The molecule has 2 aromatic rings. The fraction of sp³-hybridized carbons (Fsp3) is 0.316. The maximum absolute atomic E-state index is 13.2. The Kier molecular flexibility index (Phi) is 5.88. The van der Waals surface area contributed by atoms with Gasteiger partial charge in [0.1, 0.15) is 5.82 Å². The SMILES string of the molecule is CS(=O)(=O)N1CCN(Cc2cccc(C(=O)Nc3cccc(F)c3)c2)CC1. The zero-order valence-corrected chi connectivity index (χ0v) is 15.9. The normalized spacial score (nSPS) is 16.2. The molecule has 8 heteroatoms. The van der Waals surface area contributed by atoms with Crippen molar-refractivity contribution >= 4 is 21.6 Å². The summed E-state index contributed by atoms with van der Waals surface area (Å²) in [6.07, 6.45) is 1.23. The maximum atomic E-state index is 13.2. The Hall–Kier alpha value is -2.29. The van der Waals surface area contributed by atoms with E-state index in [0.717, 1.165) is 5.56 Å². The van der Waals surface area contributed by atoms with E-state index in [1.54, 1.807) is 18.2 Å². The summed E-state index contributed by atoms with van der Waals surface area (Å²) in [5, 5.41) is 2.69. The third-order valence-corrected chi connectivity index (χ3v) is 5.78. The Morgan fingerprint density at radius 1 is 1.07 bits per heavy atom. The molecule has 144 valence electrons. The molecule has 1 heterocycles. The molecular weight excluding hydrogens is 369 g/mol. The number of carbonyl (C=O) groups excluding carboxylic acids is 1. The van der Waals surface area contributed by atoms with Crippen LogP contribution in [0.1, 0.15) is 15.9 Å². The first-order chi connectivity index (χ1) is 12.8. The number of anilines is 1. The molecule has 3 rings (SSSR count).